The molecule has 2 amide bonds. The summed E-state index contributed by atoms with van der Waals surface area (Å²) in [5.41, 5.74) is 0.997. The standard InChI is InChI=1S/C34H40N4O11/c1-7-24-11-20(2)17-35(24)34(41)27-14-31(46-6)32(16-29(27)38(44)45)48-10-8-9-47-30-15-28(37(42)43)26(13-22(30)4)33(40)36-18-21(3)12-25(36)19-49-23(5)39/h13-16,24-25H,2-3,7-12,17-19H2,1,4-6H3/t24-,25+/m1/s1. The first-order valence-electron chi connectivity index (χ1n) is 15.7. The number of likely N-dealkylation sites (tertiary alicyclic amines) is 2. The van der Waals surface area contributed by atoms with Gasteiger partial charge in [0.2, 0.25) is 0 Å². The zero-order valence-electron chi connectivity index (χ0n) is 28.0. The number of nitrogens with zero attached hydrogens (tertiary/aromatic N) is 4. The summed E-state index contributed by atoms with van der Waals surface area (Å²) in [7, 11) is 1.36. The van der Waals surface area contributed by atoms with Gasteiger partial charge >= 0.3 is 5.97 Å². The van der Waals surface area contributed by atoms with Crippen molar-refractivity contribution in [3.05, 3.63) is 85.5 Å². The fraction of sp³-hybridized carbons (Fsp3) is 0.441. The van der Waals surface area contributed by atoms with E-state index in [-0.39, 0.29) is 67.2 Å². The maximum absolute atomic E-state index is 13.5. The number of carbonyl (C=O) groups excluding carboxylic acids is 3. The normalized spacial score (nSPS) is 17.2. The molecular weight excluding hydrogens is 640 g/mol. The lowest BCUT2D eigenvalue weighted by Crippen LogP contribution is -2.39. The quantitative estimate of drug-likeness (QED) is 0.0843. The number of ether oxygens (including phenoxy) is 4. The number of hydrogen-bond acceptors (Lipinski definition) is 11. The number of carbonyl (C=O) groups is 3. The lowest BCUT2D eigenvalue weighted by molar-refractivity contribution is -0.385. The van der Waals surface area contributed by atoms with E-state index in [1.165, 1.54) is 37.1 Å². The molecule has 2 heterocycles. The molecule has 2 aromatic rings. The van der Waals surface area contributed by atoms with Crippen LogP contribution in [0.1, 0.15) is 65.8 Å². The average molecular weight is 681 g/mol. The van der Waals surface area contributed by atoms with Gasteiger partial charge in [-0.3, -0.25) is 34.6 Å². The van der Waals surface area contributed by atoms with E-state index in [0.717, 1.165) is 17.2 Å². The van der Waals surface area contributed by atoms with E-state index in [2.05, 4.69) is 13.2 Å². The lowest BCUT2D eigenvalue weighted by Gasteiger charge is -2.24. The van der Waals surface area contributed by atoms with Gasteiger partial charge in [0, 0.05) is 38.5 Å². The van der Waals surface area contributed by atoms with Gasteiger partial charge in [0.05, 0.1) is 48.3 Å². The second-order valence-electron chi connectivity index (χ2n) is 12.0. The summed E-state index contributed by atoms with van der Waals surface area (Å²) in [5, 5.41) is 24.0. The maximum Gasteiger partial charge on any atom is 0.302 e. The summed E-state index contributed by atoms with van der Waals surface area (Å²) in [4.78, 5) is 63.8. The van der Waals surface area contributed by atoms with Crippen LogP contribution in [0.15, 0.2) is 48.6 Å². The Morgan fingerprint density at radius 3 is 1.88 bits per heavy atom. The Bertz CT molecular complexity index is 1690. The van der Waals surface area contributed by atoms with Crippen LogP contribution in [0, 0.1) is 27.2 Å². The van der Waals surface area contributed by atoms with Crippen LogP contribution in [-0.2, 0) is 9.53 Å². The van der Waals surface area contributed by atoms with Crippen molar-refractivity contribution in [3.63, 3.8) is 0 Å². The van der Waals surface area contributed by atoms with Crippen molar-refractivity contribution in [2.24, 2.45) is 0 Å². The Kier molecular flexibility index (Phi) is 11.6. The third-order valence-electron chi connectivity index (χ3n) is 8.42. The zero-order chi connectivity index (χ0) is 36.0. The molecule has 2 fully saturated rings. The number of nitro groups is 2. The van der Waals surface area contributed by atoms with Gasteiger partial charge in [0.15, 0.2) is 11.5 Å². The van der Waals surface area contributed by atoms with E-state index >= 15 is 0 Å². The minimum Gasteiger partial charge on any atom is -0.493 e. The van der Waals surface area contributed by atoms with Crippen LogP contribution in [0.5, 0.6) is 17.2 Å². The smallest absolute Gasteiger partial charge is 0.302 e. The van der Waals surface area contributed by atoms with E-state index in [4.69, 9.17) is 18.9 Å². The summed E-state index contributed by atoms with van der Waals surface area (Å²) < 4.78 is 22.1. The zero-order valence-corrected chi connectivity index (χ0v) is 28.0. The molecule has 2 saturated heterocycles. The van der Waals surface area contributed by atoms with Crippen molar-refractivity contribution in [1.82, 2.24) is 9.80 Å². The number of amides is 2. The van der Waals surface area contributed by atoms with Crippen LogP contribution in [0.2, 0.25) is 0 Å². The van der Waals surface area contributed by atoms with Gasteiger partial charge in [0.25, 0.3) is 23.2 Å². The number of esters is 1. The van der Waals surface area contributed by atoms with Gasteiger partial charge in [0.1, 0.15) is 23.5 Å². The number of methoxy groups -OCH3 is 1. The second kappa shape index (κ2) is 15.6. The largest absolute Gasteiger partial charge is 0.493 e. The molecule has 49 heavy (non-hydrogen) atoms. The van der Waals surface area contributed by atoms with Crippen molar-refractivity contribution < 1.29 is 43.2 Å². The van der Waals surface area contributed by atoms with Gasteiger partial charge in [-0.1, -0.05) is 31.2 Å². The third kappa shape index (κ3) is 8.34. The number of benzene rings is 2. The summed E-state index contributed by atoms with van der Waals surface area (Å²) in [5.74, 6) is -1.17. The van der Waals surface area contributed by atoms with E-state index < -0.39 is 45.0 Å². The molecule has 4 rings (SSSR count). The van der Waals surface area contributed by atoms with Crippen LogP contribution in [0.4, 0.5) is 11.4 Å². The molecule has 0 bridgehead atoms. The Hall–Kier alpha value is -5.47. The molecule has 0 N–H and O–H groups in total. The van der Waals surface area contributed by atoms with Crippen LogP contribution < -0.4 is 14.2 Å². The molecule has 0 radical (unpaired) electrons. The minimum absolute atomic E-state index is 0.0327. The van der Waals surface area contributed by atoms with Crippen molar-refractivity contribution in [2.75, 3.05) is 40.0 Å². The molecular formula is C34H40N4O11. The maximum atomic E-state index is 13.5. The molecule has 2 aliphatic rings. The van der Waals surface area contributed by atoms with Crippen molar-refractivity contribution in [1.29, 1.82) is 0 Å². The summed E-state index contributed by atoms with van der Waals surface area (Å²) in [6.45, 7) is 13.3. The molecule has 2 aromatic carbocycles. The van der Waals surface area contributed by atoms with Gasteiger partial charge in [-0.05, 0) is 37.8 Å². The van der Waals surface area contributed by atoms with Gasteiger partial charge in [-0.2, -0.15) is 0 Å². The molecule has 0 unspecified atom stereocenters. The first-order valence-corrected chi connectivity index (χ1v) is 15.7. The molecule has 262 valence electrons. The molecule has 15 heteroatoms. The molecule has 0 aromatic heterocycles. The molecule has 0 spiro atoms. The third-order valence-corrected chi connectivity index (χ3v) is 8.42. The topological polar surface area (TPSA) is 181 Å². The Morgan fingerprint density at radius 1 is 0.837 bits per heavy atom. The van der Waals surface area contributed by atoms with Crippen molar-refractivity contribution >= 4 is 29.2 Å². The number of hydrogen-bond donors (Lipinski definition) is 0. The van der Waals surface area contributed by atoms with E-state index in [0.29, 0.717) is 31.4 Å². The van der Waals surface area contributed by atoms with E-state index in [1.54, 1.807) is 11.8 Å². The SMILES string of the molecule is C=C1C[C@@H](CC)N(C(=O)c2cc(OC)c(OCCCOc3cc([N+](=O)[O-])c(C(=O)N4CC(=C)C[C@H]4COC(C)=O)cc3C)cc2[N+](=O)[O-])C1. The second-order valence-corrected chi connectivity index (χ2v) is 12.0. The highest BCUT2D eigenvalue weighted by molar-refractivity contribution is 6.00. The van der Waals surface area contributed by atoms with Crippen LogP contribution in [-0.4, -0.2) is 89.5 Å². The van der Waals surface area contributed by atoms with Crippen molar-refractivity contribution in [3.8, 4) is 17.2 Å². The van der Waals surface area contributed by atoms with Gasteiger partial charge in [-0.25, -0.2) is 0 Å². The fourth-order valence-corrected chi connectivity index (χ4v) is 5.99. The first-order chi connectivity index (χ1) is 23.2. The Morgan fingerprint density at radius 2 is 1.35 bits per heavy atom. The summed E-state index contributed by atoms with van der Waals surface area (Å²) in [6.07, 6.45) is 2.00. The highest BCUT2D eigenvalue weighted by Crippen LogP contribution is 2.37. The lowest BCUT2D eigenvalue weighted by atomic mass is 10.1. The summed E-state index contributed by atoms with van der Waals surface area (Å²) >= 11 is 0. The Balaban J connectivity index is 1.43. The number of aryl methyl sites for hydroxylation is 1. The van der Waals surface area contributed by atoms with Crippen LogP contribution in [0.25, 0.3) is 0 Å². The highest BCUT2D eigenvalue weighted by atomic mass is 16.6. The predicted octanol–water partition coefficient (Wildman–Crippen LogP) is 5.18. The molecule has 2 atom stereocenters. The monoisotopic (exact) mass is 680 g/mol. The van der Waals surface area contributed by atoms with Crippen LogP contribution in [0.3, 0.4) is 0 Å². The van der Waals surface area contributed by atoms with Gasteiger partial charge in [-0.15, -0.1) is 0 Å². The van der Waals surface area contributed by atoms with Crippen molar-refractivity contribution in [2.45, 2.75) is 58.5 Å². The molecule has 2 aliphatic heterocycles. The summed E-state index contributed by atoms with van der Waals surface area (Å²) in [6, 6.07) is 4.46. The average Bonchev–Trinajstić information content (AvgIpc) is 3.63. The Labute approximate surface area is 283 Å². The molecule has 0 aliphatic carbocycles. The fourth-order valence-electron chi connectivity index (χ4n) is 5.99. The minimum atomic E-state index is -0.662. The van der Waals surface area contributed by atoms with Gasteiger partial charge < -0.3 is 28.7 Å². The number of rotatable bonds is 14. The van der Waals surface area contributed by atoms with Crippen LogP contribution >= 0.6 is 0 Å². The van der Waals surface area contributed by atoms with E-state index in [1.807, 2.05) is 6.92 Å². The predicted molar refractivity (Wildman–Crippen MR) is 177 cm³/mol. The van der Waals surface area contributed by atoms with E-state index in [9.17, 15) is 34.6 Å². The first kappa shape index (κ1) is 36.4. The highest BCUT2D eigenvalue weighted by Gasteiger charge is 2.37. The molecule has 0 saturated carbocycles. The molecule has 15 nitrogen and oxygen atoms in total. The number of nitro benzene ring substituents is 2.